The summed E-state index contributed by atoms with van der Waals surface area (Å²) in [6, 6.07) is -0.122. The Balaban J connectivity index is 1.98. The van der Waals surface area contributed by atoms with Crippen LogP contribution in [0.5, 0.6) is 0 Å². The van der Waals surface area contributed by atoms with Gasteiger partial charge in [0.05, 0.1) is 10.9 Å². The van der Waals surface area contributed by atoms with Gasteiger partial charge in [0, 0.05) is 5.75 Å². The Hall–Kier alpha value is -0.260. The van der Waals surface area contributed by atoms with Crippen LogP contribution in [0.4, 0.5) is 0 Å². The number of carbonyl (C=O) groups excluding carboxylic acids is 1. The van der Waals surface area contributed by atoms with Crippen LogP contribution in [0.3, 0.4) is 0 Å². The Kier molecular flexibility index (Phi) is 2.49. The van der Waals surface area contributed by atoms with E-state index in [0.29, 0.717) is 0 Å². The maximum atomic E-state index is 11.0. The minimum absolute atomic E-state index is 0.122. The highest BCUT2D eigenvalue weighted by atomic mass is 32.2. The van der Waals surface area contributed by atoms with Crippen molar-refractivity contribution in [3.05, 3.63) is 0 Å². The van der Waals surface area contributed by atoms with Crippen LogP contribution < -0.4 is 16.4 Å². The van der Waals surface area contributed by atoms with E-state index < -0.39 is 0 Å². The molecule has 0 aromatic rings. The van der Waals surface area contributed by atoms with Gasteiger partial charge in [-0.1, -0.05) is 0 Å². The molecule has 4 N–H and O–H groups in total. The predicted octanol–water partition coefficient (Wildman–Crippen LogP) is -0.744. The maximum Gasteiger partial charge on any atom is 0.235 e. The summed E-state index contributed by atoms with van der Waals surface area (Å²) in [6.07, 6.45) is 2.17. The van der Waals surface area contributed by atoms with E-state index in [1.165, 1.54) is 0 Å². The topological polar surface area (TPSA) is 67.2 Å². The molecular formula is C8H15N3OS. The number of carbonyl (C=O) groups is 1. The van der Waals surface area contributed by atoms with Gasteiger partial charge in [0.1, 0.15) is 0 Å². The van der Waals surface area contributed by atoms with Gasteiger partial charge in [-0.05, 0) is 25.9 Å². The van der Waals surface area contributed by atoms with E-state index in [4.69, 9.17) is 5.73 Å². The molecule has 1 unspecified atom stereocenters. The van der Waals surface area contributed by atoms with Crippen LogP contribution in [0.1, 0.15) is 12.8 Å². The fourth-order valence-corrected chi connectivity index (χ4v) is 3.37. The van der Waals surface area contributed by atoms with Crippen molar-refractivity contribution >= 4 is 17.7 Å². The molecule has 0 aromatic carbocycles. The van der Waals surface area contributed by atoms with Gasteiger partial charge in [0.2, 0.25) is 5.91 Å². The third kappa shape index (κ3) is 1.82. The van der Waals surface area contributed by atoms with Crippen molar-refractivity contribution in [2.24, 2.45) is 5.73 Å². The molecule has 2 rings (SSSR count). The lowest BCUT2D eigenvalue weighted by Crippen LogP contribution is -2.52. The minimum Gasteiger partial charge on any atom is -0.368 e. The smallest absolute Gasteiger partial charge is 0.235 e. The van der Waals surface area contributed by atoms with Gasteiger partial charge < -0.3 is 11.1 Å². The lowest BCUT2D eigenvalue weighted by Gasteiger charge is -2.33. The minimum atomic E-state index is -0.220. The van der Waals surface area contributed by atoms with Crippen molar-refractivity contribution in [3.63, 3.8) is 0 Å². The molecule has 2 aliphatic rings. The van der Waals surface area contributed by atoms with Crippen molar-refractivity contribution in [1.29, 1.82) is 0 Å². The largest absolute Gasteiger partial charge is 0.368 e. The van der Waals surface area contributed by atoms with E-state index in [1.54, 1.807) is 0 Å². The number of primary amides is 1. The van der Waals surface area contributed by atoms with Crippen LogP contribution in [0.2, 0.25) is 0 Å². The molecule has 13 heavy (non-hydrogen) atoms. The van der Waals surface area contributed by atoms with Crippen LogP contribution in [-0.2, 0) is 4.79 Å². The number of nitrogens with two attached hydrogens (primary N) is 1. The van der Waals surface area contributed by atoms with E-state index >= 15 is 0 Å². The molecule has 0 aliphatic carbocycles. The predicted molar refractivity (Wildman–Crippen MR) is 53.4 cm³/mol. The molecule has 2 heterocycles. The van der Waals surface area contributed by atoms with E-state index in [0.717, 1.165) is 31.7 Å². The normalized spacial score (nSPS) is 32.2. The number of thioether (sulfide) groups is 1. The molecule has 1 atom stereocenters. The standard InChI is InChI=1S/C8H15N3OS/c9-7(12)6-5-13-8(11-6)1-3-10-4-2-8/h6,10-11H,1-5H2,(H2,9,12). The SMILES string of the molecule is NC(=O)C1CSC2(CCNCC2)N1. The van der Waals surface area contributed by atoms with Gasteiger partial charge in [0.25, 0.3) is 0 Å². The van der Waals surface area contributed by atoms with Crippen LogP contribution in [0.15, 0.2) is 0 Å². The van der Waals surface area contributed by atoms with Gasteiger partial charge in [-0.15, -0.1) is 11.8 Å². The highest BCUT2D eigenvalue weighted by Crippen LogP contribution is 2.37. The van der Waals surface area contributed by atoms with Crippen LogP contribution in [0, 0.1) is 0 Å². The average molecular weight is 201 g/mol. The molecule has 2 fully saturated rings. The van der Waals surface area contributed by atoms with Crippen LogP contribution in [0.25, 0.3) is 0 Å². The number of amides is 1. The highest BCUT2D eigenvalue weighted by molar-refractivity contribution is 8.01. The second-order valence-corrected chi connectivity index (χ2v) is 5.06. The molecule has 4 nitrogen and oxygen atoms in total. The van der Waals surface area contributed by atoms with Crippen LogP contribution >= 0.6 is 11.8 Å². The Bertz CT molecular complexity index is 215. The van der Waals surface area contributed by atoms with Gasteiger partial charge >= 0.3 is 0 Å². The first-order chi connectivity index (χ1) is 6.22. The first-order valence-corrected chi connectivity index (χ1v) is 5.62. The molecule has 0 radical (unpaired) electrons. The Morgan fingerprint density at radius 3 is 2.69 bits per heavy atom. The van der Waals surface area contributed by atoms with Gasteiger partial charge in [-0.3, -0.25) is 10.1 Å². The molecule has 1 amide bonds. The second kappa shape index (κ2) is 3.48. The molecule has 5 heteroatoms. The fraction of sp³-hybridized carbons (Fsp3) is 0.875. The lowest BCUT2D eigenvalue weighted by molar-refractivity contribution is -0.119. The van der Waals surface area contributed by atoms with Crippen molar-refractivity contribution in [2.45, 2.75) is 23.8 Å². The van der Waals surface area contributed by atoms with E-state index in [1.807, 2.05) is 11.8 Å². The van der Waals surface area contributed by atoms with Crippen molar-refractivity contribution < 1.29 is 4.79 Å². The summed E-state index contributed by atoms with van der Waals surface area (Å²) >= 11 is 1.85. The number of hydrogen-bond donors (Lipinski definition) is 3. The first-order valence-electron chi connectivity index (χ1n) is 4.64. The summed E-state index contributed by atoms with van der Waals surface area (Å²) < 4.78 is 0. The summed E-state index contributed by atoms with van der Waals surface area (Å²) in [5.41, 5.74) is 5.26. The molecule has 2 aliphatic heterocycles. The maximum absolute atomic E-state index is 11.0. The number of piperidine rings is 1. The second-order valence-electron chi connectivity index (χ2n) is 3.65. The zero-order valence-corrected chi connectivity index (χ0v) is 8.32. The average Bonchev–Trinajstić information content (AvgIpc) is 2.51. The van der Waals surface area contributed by atoms with Crippen molar-refractivity contribution in [3.8, 4) is 0 Å². The molecule has 1 spiro atoms. The third-order valence-electron chi connectivity index (χ3n) is 2.72. The van der Waals surface area contributed by atoms with Gasteiger partial charge in [0.15, 0.2) is 0 Å². The van der Waals surface area contributed by atoms with Crippen LogP contribution in [-0.4, -0.2) is 35.7 Å². The Labute approximate surface area is 82.0 Å². The first kappa shape index (κ1) is 9.30. The molecule has 0 bridgehead atoms. The summed E-state index contributed by atoms with van der Waals surface area (Å²) in [5, 5.41) is 6.66. The van der Waals surface area contributed by atoms with Gasteiger partial charge in [-0.25, -0.2) is 0 Å². The Morgan fingerprint density at radius 2 is 2.15 bits per heavy atom. The monoisotopic (exact) mass is 201 g/mol. The van der Waals surface area contributed by atoms with Crippen molar-refractivity contribution in [1.82, 2.24) is 10.6 Å². The van der Waals surface area contributed by atoms with E-state index in [9.17, 15) is 4.79 Å². The molecule has 74 valence electrons. The summed E-state index contributed by atoms with van der Waals surface area (Å²) in [4.78, 5) is 11.1. The van der Waals surface area contributed by atoms with E-state index in [2.05, 4.69) is 10.6 Å². The van der Waals surface area contributed by atoms with Gasteiger partial charge in [-0.2, -0.15) is 0 Å². The lowest BCUT2D eigenvalue weighted by atomic mass is 10.1. The fourth-order valence-electron chi connectivity index (χ4n) is 1.92. The molecule has 0 aromatic heterocycles. The molecule has 2 saturated heterocycles. The number of nitrogens with one attached hydrogen (secondary N) is 2. The van der Waals surface area contributed by atoms with E-state index in [-0.39, 0.29) is 16.8 Å². The Morgan fingerprint density at radius 1 is 1.46 bits per heavy atom. The molecular weight excluding hydrogens is 186 g/mol. The highest BCUT2D eigenvalue weighted by Gasteiger charge is 2.41. The zero-order valence-electron chi connectivity index (χ0n) is 7.51. The third-order valence-corrected chi connectivity index (χ3v) is 4.30. The summed E-state index contributed by atoms with van der Waals surface area (Å²) in [5.74, 6) is 0.609. The number of hydrogen-bond acceptors (Lipinski definition) is 4. The summed E-state index contributed by atoms with van der Waals surface area (Å²) in [7, 11) is 0. The quantitative estimate of drug-likeness (QED) is 0.522. The zero-order chi connectivity index (χ0) is 9.31. The van der Waals surface area contributed by atoms with Crippen molar-refractivity contribution in [2.75, 3.05) is 18.8 Å². The number of rotatable bonds is 1. The molecule has 0 saturated carbocycles. The summed E-state index contributed by atoms with van der Waals surface area (Å²) in [6.45, 7) is 2.07.